The zero-order chi connectivity index (χ0) is 29.5. The molecule has 0 radical (unpaired) electrons. The quantitative estimate of drug-likeness (QED) is 0.273. The molecule has 3 amide bonds. The number of anilines is 2. The minimum Gasteiger partial charge on any atom is -0.497 e. The van der Waals surface area contributed by atoms with Gasteiger partial charge in [-0.05, 0) is 66.2 Å². The summed E-state index contributed by atoms with van der Waals surface area (Å²) < 4.78 is 12.7. The summed E-state index contributed by atoms with van der Waals surface area (Å²) in [5.74, 6) is -1.06. The molecule has 1 aromatic heterocycles. The van der Waals surface area contributed by atoms with Crippen LogP contribution in [-0.4, -0.2) is 41.8 Å². The number of methoxy groups -OCH3 is 2. The van der Waals surface area contributed by atoms with E-state index in [0.29, 0.717) is 32.8 Å². The van der Waals surface area contributed by atoms with Crippen molar-refractivity contribution in [3.63, 3.8) is 0 Å². The number of benzene rings is 3. The van der Waals surface area contributed by atoms with E-state index in [2.05, 4.69) is 21.2 Å². The van der Waals surface area contributed by atoms with E-state index in [1.54, 1.807) is 74.9 Å². The number of nitrogens with one attached hydrogen (secondary N) is 1. The predicted octanol–water partition coefficient (Wildman–Crippen LogP) is 5.12. The van der Waals surface area contributed by atoms with Crippen LogP contribution in [0.25, 0.3) is 0 Å². The van der Waals surface area contributed by atoms with E-state index >= 15 is 0 Å². The van der Waals surface area contributed by atoms with Gasteiger partial charge in [-0.1, -0.05) is 51.2 Å². The first-order chi connectivity index (χ1) is 20.3. The number of thiazole rings is 1. The first kappa shape index (κ1) is 28.3. The first-order valence-corrected chi connectivity index (χ1v) is 15.4. The maximum atomic E-state index is 14.0. The van der Waals surface area contributed by atoms with Crippen molar-refractivity contribution < 1.29 is 23.9 Å². The monoisotopic (exact) mass is 665 g/mol. The number of thioether (sulfide) groups is 1. The van der Waals surface area contributed by atoms with E-state index in [9.17, 15) is 19.2 Å². The normalized spacial score (nSPS) is 19.3. The smallest absolute Gasteiger partial charge is 0.308 e. The molecule has 42 heavy (non-hydrogen) atoms. The summed E-state index contributed by atoms with van der Waals surface area (Å²) in [5, 5.41) is 2.56. The molecule has 3 atom stereocenters. The molecule has 0 aliphatic carbocycles. The molecule has 0 spiro atoms. The van der Waals surface area contributed by atoms with Crippen LogP contribution in [0, 0.1) is 5.92 Å². The molecule has 2 aliphatic rings. The molecule has 0 bridgehead atoms. The molecule has 214 valence electrons. The van der Waals surface area contributed by atoms with Gasteiger partial charge in [0, 0.05) is 21.0 Å². The lowest BCUT2D eigenvalue weighted by molar-refractivity contribution is -0.122. The van der Waals surface area contributed by atoms with E-state index in [0.717, 1.165) is 21.4 Å². The average Bonchev–Trinajstić information content (AvgIpc) is 3.44. The van der Waals surface area contributed by atoms with Gasteiger partial charge < -0.3 is 14.8 Å². The molecule has 3 heterocycles. The van der Waals surface area contributed by atoms with Crippen molar-refractivity contribution in [2.45, 2.75) is 22.7 Å². The number of halogens is 1. The highest BCUT2D eigenvalue weighted by molar-refractivity contribution is 9.10. The molecule has 6 rings (SSSR count). The standard InChI is InChI=1S/C30H24BrN3O6S2/c1-39-20-11-3-16(4-12-20)23-24-25(28(37)34(27(24)36)19-9-5-17(31)6-10-19)41-29-26(23)42-30(38)33(29)15-22(35)32-18-7-13-21(40-2)14-8-18/h3-14,23-25H,15H2,1-2H3,(H,32,35)/t23-,24+,25-/m0/s1. The Labute approximate surface area is 257 Å². The van der Waals surface area contributed by atoms with Crippen LogP contribution in [0.3, 0.4) is 0 Å². The summed E-state index contributed by atoms with van der Waals surface area (Å²) in [4.78, 5) is 55.7. The number of aromatic nitrogens is 1. The second-order valence-electron chi connectivity index (χ2n) is 9.70. The average molecular weight is 667 g/mol. The van der Waals surface area contributed by atoms with E-state index in [1.807, 2.05) is 12.1 Å². The number of ether oxygens (including phenoxy) is 2. The van der Waals surface area contributed by atoms with Crippen molar-refractivity contribution in [1.82, 2.24) is 4.57 Å². The van der Waals surface area contributed by atoms with E-state index in [-0.39, 0.29) is 23.2 Å². The molecular formula is C30H24BrN3O6S2. The number of hydrogen-bond donors (Lipinski definition) is 1. The Bertz CT molecular complexity index is 1730. The summed E-state index contributed by atoms with van der Waals surface area (Å²) in [5.41, 5.74) is 1.82. The zero-order valence-electron chi connectivity index (χ0n) is 22.4. The highest BCUT2D eigenvalue weighted by Gasteiger charge is 2.56. The van der Waals surface area contributed by atoms with Gasteiger partial charge in [-0.2, -0.15) is 0 Å². The van der Waals surface area contributed by atoms with Crippen LogP contribution in [0.5, 0.6) is 11.5 Å². The number of carbonyl (C=O) groups is 3. The van der Waals surface area contributed by atoms with Crippen LogP contribution in [0.2, 0.25) is 0 Å². The predicted molar refractivity (Wildman–Crippen MR) is 165 cm³/mol. The second kappa shape index (κ2) is 11.4. The number of carbonyl (C=O) groups excluding carboxylic acids is 3. The van der Waals surface area contributed by atoms with Gasteiger partial charge in [-0.3, -0.25) is 23.7 Å². The van der Waals surface area contributed by atoms with Gasteiger partial charge in [0.25, 0.3) is 0 Å². The van der Waals surface area contributed by atoms with Crippen LogP contribution in [0.15, 0.2) is 87.1 Å². The second-order valence-corrected chi connectivity index (χ2v) is 12.7. The molecule has 4 aromatic rings. The van der Waals surface area contributed by atoms with Gasteiger partial charge in [0.05, 0.1) is 30.9 Å². The van der Waals surface area contributed by atoms with Crippen LogP contribution in [0.4, 0.5) is 11.4 Å². The van der Waals surface area contributed by atoms with Gasteiger partial charge >= 0.3 is 4.87 Å². The Balaban J connectivity index is 1.38. The van der Waals surface area contributed by atoms with Gasteiger partial charge in [0.2, 0.25) is 17.7 Å². The number of nitrogens with zero attached hydrogens (tertiary/aromatic N) is 2. The summed E-state index contributed by atoms with van der Waals surface area (Å²) in [6.07, 6.45) is 0. The van der Waals surface area contributed by atoms with E-state index < -0.39 is 23.0 Å². The van der Waals surface area contributed by atoms with Crippen molar-refractivity contribution >= 4 is 68.1 Å². The number of imide groups is 1. The molecule has 9 nitrogen and oxygen atoms in total. The maximum Gasteiger partial charge on any atom is 0.308 e. The zero-order valence-corrected chi connectivity index (χ0v) is 25.6. The SMILES string of the molecule is COc1ccc(NC(=O)Cn2c3c(sc2=O)[C@@H](c2ccc(OC)cc2)[C@H]2C(=O)N(c4ccc(Br)cc4)C(=O)[C@H]2S3)cc1. The Kier molecular flexibility index (Phi) is 7.69. The highest BCUT2D eigenvalue weighted by Crippen LogP contribution is 2.54. The van der Waals surface area contributed by atoms with Crippen LogP contribution in [-0.2, 0) is 20.9 Å². The third kappa shape index (κ3) is 5.03. The minimum absolute atomic E-state index is 0.241. The fraction of sp³-hybridized carbons (Fsp3) is 0.200. The largest absolute Gasteiger partial charge is 0.497 e. The molecule has 1 saturated heterocycles. The van der Waals surface area contributed by atoms with Crippen molar-refractivity contribution in [2.24, 2.45) is 5.92 Å². The lowest BCUT2D eigenvalue weighted by Gasteiger charge is -2.30. The van der Waals surface area contributed by atoms with Gasteiger partial charge in [-0.25, -0.2) is 4.90 Å². The number of rotatable bonds is 7. The molecule has 0 unspecified atom stereocenters. The molecule has 12 heteroatoms. The summed E-state index contributed by atoms with van der Waals surface area (Å²) in [7, 11) is 3.13. The minimum atomic E-state index is -0.773. The van der Waals surface area contributed by atoms with E-state index in [4.69, 9.17) is 9.47 Å². The fourth-order valence-corrected chi connectivity index (χ4v) is 8.33. The summed E-state index contributed by atoms with van der Waals surface area (Å²) >= 11 is 5.58. The third-order valence-electron chi connectivity index (χ3n) is 7.28. The molecular weight excluding hydrogens is 642 g/mol. The van der Waals surface area contributed by atoms with Crippen molar-refractivity contribution in [3.05, 3.63) is 97.4 Å². The summed E-state index contributed by atoms with van der Waals surface area (Å²) in [6, 6.07) is 21.2. The van der Waals surface area contributed by atoms with Crippen molar-refractivity contribution in [2.75, 3.05) is 24.4 Å². The Morgan fingerprint density at radius 2 is 1.50 bits per heavy atom. The Morgan fingerprint density at radius 3 is 2.12 bits per heavy atom. The fourth-order valence-electron chi connectivity index (χ4n) is 5.29. The first-order valence-electron chi connectivity index (χ1n) is 12.9. The molecule has 0 saturated carbocycles. The van der Waals surface area contributed by atoms with E-state index in [1.165, 1.54) is 21.2 Å². The molecule has 1 N–H and O–H groups in total. The lowest BCUT2D eigenvalue weighted by Crippen LogP contribution is -2.33. The lowest BCUT2D eigenvalue weighted by atomic mass is 9.83. The maximum absolute atomic E-state index is 14.0. The number of amides is 3. The van der Waals surface area contributed by atoms with Crippen molar-refractivity contribution in [1.29, 1.82) is 0 Å². The molecule has 1 fully saturated rings. The highest BCUT2D eigenvalue weighted by atomic mass is 79.9. The Morgan fingerprint density at radius 1 is 0.881 bits per heavy atom. The van der Waals surface area contributed by atoms with Gasteiger partial charge in [0.15, 0.2) is 0 Å². The van der Waals surface area contributed by atoms with Crippen LogP contribution < -0.4 is 24.6 Å². The Hall–Kier alpha value is -3.87. The van der Waals surface area contributed by atoms with Gasteiger partial charge in [-0.15, -0.1) is 0 Å². The topological polar surface area (TPSA) is 107 Å². The third-order valence-corrected chi connectivity index (χ3v) is 10.4. The number of hydrogen-bond acceptors (Lipinski definition) is 8. The van der Waals surface area contributed by atoms with Crippen LogP contribution in [0.1, 0.15) is 16.4 Å². The molecule has 3 aromatic carbocycles. The van der Waals surface area contributed by atoms with Crippen LogP contribution >= 0.6 is 39.0 Å². The summed E-state index contributed by atoms with van der Waals surface area (Å²) in [6.45, 7) is -0.241. The van der Waals surface area contributed by atoms with Gasteiger partial charge in [0.1, 0.15) is 23.3 Å². The molecule has 2 aliphatic heterocycles. The number of fused-ring (bicyclic) bond motifs is 2. The van der Waals surface area contributed by atoms with Crippen molar-refractivity contribution in [3.8, 4) is 11.5 Å².